The van der Waals surface area contributed by atoms with Crippen molar-refractivity contribution >= 4 is 0 Å². The minimum atomic E-state index is 0.653. The molecule has 11 rings (SSSR count). The molecule has 11 aromatic rings. The van der Waals surface area contributed by atoms with Gasteiger partial charge >= 0.3 is 0 Å². The van der Waals surface area contributed by atoms with Crippen LogP contribution in [-0.2, 0) is 0 Å². The molecule has 310 valence electrons. The van der Waals surface area contributed by atoms with E-state index in [-0.39, 0.29) is 0 Å². The van der Waals surface area contributed by atoms with Gasteiger partial charge in [-0.15, -0.1) is 0 Å². The molecule has 0 aliphatic heterocycles. The summed E-state index contributed by atoms with van der Waals surface area (Å²) < 4.78 is 0. The molecular weight excluding hydrogens is 797 g/mol. The van der Waals surface area contributed by atoms with Gasteiger partial charge in [-0.3, -0.25) is 0 Å². The van der Waals surface area contributed by atoms with E-state index in [0.717, 1.165) is 94.8 Å². The SMILES string of the molecule is c1ccc(-c2cccc(-c3cc(-c4ccccc4-c4ccccc4)nc(-c4ccccc4-c4cc(-c5ccccc5)c(-c5ccccc5)c(-c5ccccc5)c4-c4ccccc4)n3)c2)cc1. The highest BCUT2D eigenvalue weighted by molar-refractivity contribution is 6.08. The Hall–Kier alpha value is -8.72. The average molecular weight is 841 g/mol. The minimum Gasteiger partial charge on any atom is -0.228 e. The van der Waals surface area contributed by atoms with Crippen LogP contribution in [-0.4, -0.2) is 9.97 Å². The van der Waals surface area contributed by atoms with Gasteiger partial charge in [0.05, 0.1) is 11.4 Å². The van der Waals surface area contributed by atoms with Gasteiger partial charge in [-0.2, -0.15) is 0 Å². The quantitative estimate of drug-likeness (QED) is 0.137. The molecular formula is C64H44N2. The summed E-state index contributed by atoms with van der Waals surface area (Å²) in [5, 5.41) is 0. The molecule has 0 aliphatic rings. The summed E-state index contributed by atoms with van der Waals surface area (Å²) in [6, 6.07) is 95.0. The normalized spacial score (nSPS) is 11.0. The van der Waals surface area contributed by atoms with Crippen molar-refractivity contribution in [1.82, 2.24) is 9.97 Å². The number of nitrogens with zero attached hydrogens (tertiary/aromatic N) is 2. The van der Waals surface area contributed by atoms with Crippen molar-refractivity contribution in [3.05, 3.63) is 267 Å². The topological polar surface area (TPSA) is 25.8 Å². The Morgan fingerprint density at radius 1 is 0.182 bits per heavy atom. The van der Waals surface area contributed by atoms with Crippen molar-refractivity contribution in [2.45, 2.75) is 0 Å². The molecule has 0 N–H and O–H groups in total. The molecule has 0 spiro atoms. The maximum atomic E-state index is 5.57. The Bertz CT molecular complexity index is 3420. The molecule has 1 heterocycles. The highest BCUT2D eigenvalue weighted by atomic mass is 14.9. The third-order valence-electron chi connectivity index (χ3n) is 12.3. The van der Waals surface area contributed by atoms with E-state index in [2.05, 4.69) is 267 Å². The largest absolute Gasteiger partial charge is 0.228 e. The first-order valence-corrected chi connectivity index (χ1v) is 22.5. The molecule has 0 atom stereocenters. The summed E-state index contributed by atoms with van der Waals surface area (Å²) in [5.74, 6) is 0.653. The van der Waals surface area contributed by atoms with E-state index in [1.807, 2.05) is 0 Å². The molecule has 2 heteroatoms. The summed E-state index contributed by atoms with van der Waals surface area (Å²) in [5.41, 5.74) is 20.6. The van der Waals surface area contributed by atoms with E-state index in [9.17, 15) is 0 Å². The second kappa shape index (κ2) is 18.2. The number of hydrogen-bond acceptors (Lipinski definition) is 2. The van der Waals surface area contributed by atoms with Crippen LogP contribution in [0.15, 0.2) is 267 Å². The Labute approximate surface area is 386 Å². The Morgan fingerprint density at radius 2 is 0.561 bits per heavy atom. The van der Waals surface area contributed by atoms with E-state index in [1.165, 1.54) is 11.1 Å². The lowest BCUT2D eigenvalue weighted by Crippen LogP contribution is -2.01. The summed E-state index contributed by atoms with van der Waals surface area (Å²) in [7, 11) is 0. The van der Waals surface area contributed by atoms with Crippen molar-refractivity contribution < 1.29 is 0 Å². The molecule has 1 aromatic heterocycles. The molecule has 2 nitrogen and oxygen atoms in total. The Kier molecular flexibility index (Phi) is 11.0. The van der Waals surface area contributed by atoms with Gasteiger partial charge in [0.1, 0.15) is 0 Å². The van der Waals surface area contributed by atoms with E-state index < -0.39 is 0 Å². The van der Waals surface area contributed by atoms with E-state index in [4.69, 9.17) is 9.97 Å². The number of hydrogen-bond donors (Lipinski definition) is 0. The molecule has 0 amide bonds. The Balaban J connectivity index is 1.22. The predicted molar refractivity (Wildman–Crippen MR) is 276 cm³/mol. The number of aromatic nitrogens is 2. The minimum absolute atomic E-state index is 0.653. The van der Waals surface area contributed by atoms with E-state index >= 15 is 0 Å². The summed E-state index contributed by atoms with van der Waals surface area (Å²) in [4.78, 5) is 11.1. The summed E-state index contributed by atoms with van der Waals surface area (Å²) >= 11 is 0. The fraction of sp³-hybridized carbons (Fsp3) is 0. The molecule has 0 saturated carbocycles. The van der Waals surface area contributed by atoms with Gasteiger partial charge in [0, 0.05) is 16.7 Å². The van der Waals surface area contributed by atoms with Crippen LogP contribution in [0.2, 0.25) is 0 Å². The average Bonchev–Trinajstić information content (AvgIpc) is 3.41. The fourth-order valence-electron chi connectivity index (χ4n) is 9.27. The molecule has 0 saturated heterocycles. The van der Waals surface area contributed by atoms with Gasteiger partial charge in [-0.25, -0.2) is 9.97 Å². The second-order valence-corrected chi connectivity index (χ2v) is 16.4. The highest BCUT2D eigenvalue weighted by Crippen LogP contribution is 2.51. The van der Waals surface area contributed by atoms with Gasteiger partial charge in [0.25, 0.3) is 0 Å². The van der Waals surface area contributed by atoms with Crippen LogP contribution in [0.4, 0.5) is 0 Å². The van der Waals surface area contributed by atoms with Crippen LogP contribution in [0.1, 0.15) is 0 Å². The molecule has 0 fully saturated rings. The maximum absolute atomic E-state index is 5.57. The van der Waals surface area contributed by atoms with Gasteiger partial charge < -0.3 is 0 Å². The lowest BCUT2D eigenvalue weighted by molar-refractivity contribution is 1.18. The van der Waals surface area contributed by atoms with Crippen LogP contribution >= 0.6 is 0 Å². The first-order valence-electron chi connectivity index (χ1n) is 22.5. The third-order valence-corrected chi connectivity index (χ3v) is 12.3. The Morgan fingerprint density at radius 3 is 1.12 bits per heavy atom. The van der Waals surface area contributed by atoms with E-state index in [0.29, 0.717) is 5.82 Å². The molecule has 0 bridgehead atoms. The lowest BCUT2D eigenvalue weighted by Gasteiger charge is -2.25. The van der Waals surface area contributed by atoms with Gasteiger partial charge in [0.2, 0.25) is 0 Å². The smallest absolute Gasteiger partial charge is 0.161 e. The van der Waals surface area contributed by atoms with Crippen molar-refractivity contribution in [2.75, 3.05) is 0 Å². The predicted octanol–water partition coefficient (Wildman–Crippen LogP) is 17.1. The molecule has 0 aliphatic carbocycles. The maximum Gasteiger partial charge on any atom is 0.161 e. The molecule has 0 radical (unpaired) electrons. The van der Waals surface area contributed by atoms with Crippen LogP contribution < -0.4 is 0 Å². The summed E-state index contributed by atoms with van der Waals surface area (Å²) in [6.45, 7) is 0. The summed E-state index contributed by atoms with van der Waals surface area (Å²) in [6.07, 6.45) is 0. The van der Waals surface area contributed by atoms with Crippen LogP contribution in [0.25, 0.3) is 112 Å². The monoisotopic (exact) mass is 840 g/mol. The zero-order chi connectivity index (χ0) is 44.1. The third kappa shape index (κ3) is 7.93. The van der Waals surface area contributed by atoms with Crippen molar-refractivity contribution in [2.24, 2.45) is 0 Å². The van der Waals surface area contributed by atoms with Crippen LogP contribution in [0.3, 0.4) is 0 Å². The second-order valence-electron chi connectivity index (χ2n) is 16.4. The molecule has 10 aromatic carbocycles. The molecule has 66 heavy (non-hydrogen) atoms. The van der Waals surface area contributed by atoms with Crippen molar-refractivity contribution in [1.29, 1.82) is 0 Å². The van der Waals surface area contributed by atoms with Crippen molar-refractivity contribution in [3.8, 4) is 112 Å². The highest BCUT2D eigenvalue weighted by Gasteiger charge is 2.26. The first kappa shape index (κ1) is 40.1. The van der Waals surface area contributed by atoms with E-state index in [1.54, 1.807) is 0 Å². The van der Waals surface area contributed by atoms with Crippen molar-refractivity contribution in [3.63, 3.8) is 0 Å². The van der Waals surface area contributed by atoms with Crippen LogP contribution in [0.5, 0.6) is 0 Å². The van der Waals surface area contributed by atoms with Crippen LogP contribution in [0, 0.1) is 0 Å². The van der Waals surface area contributed by atoms with Gasteiger partial charge in [-0.05, 0) is 96.1 Å². The van der Waals surface area contributed by atoms with Gasteiger partial charge in [0.15, 0.2) is 5.82 Å². The number of benzene rings is 10. The van der Waals surface area contributed by atoms with Gasteiger partial charge in [-0.1, -0.05) is 249 Å². The molecule has 0 unspecified atom stereocenters. The standard InChI is InChI=1S/C64H44N2/c1-7-24-45(25-8-1)51-36-23-37-52(42-51)59-44-60(55-40-21-19-38-53(55)46-26-9-2-10-27-46)66-64(65-59)56-41-22-20-39-54(56)58-43-57(47-28-11-3-12-29-47)61(48-30-13-4-14-31-48)63(50-34-17-6-18-35-50)62(58)49-32-15-5-16-33-49/h1-44H. The number of rotatable bonds is 10. The first-order chi connectivity index (χ1) is 32.8. The fourth-order valence-corrected chi connectivity index (χ4v) is 9.27. The lowest BCUT2D eigenvalue weighted by atomic mass is 9.78. The zero-order valence-electron chi connectivity index (χ0n) is 36.3. The zero-order valence-corrected chi connectivity index (χ0v) is 36.3.